The normalized spacial score (nSPS) is 30.8. The molecule has 1 saturated heterocycles. The Morgan fingerprint density at radius 2 is 2.12 bits per heavy atom. The van der Waals surface area contributed by atoms with Crippen molar-refractivity contribution in [1.82, 2.24) is 4.90 Å². The minimum absolute atomic E-state index is 0.137. The Kier molecular flexibility index (Phi) is 3.50. The highest BCUT2D eigenvalue weighted by atomic mass is 16.5. The van der Waals surface area contributed by atoms with Gasteiger partial charge in [0.05, 0.1) is 24.8 Å². The number of hydrogen-bond donors (Lipinski definition) is 2. The highest BCUT2D eigenvalue weighted by Crippen LogP contribution is 2.44. The van der Waals surface area contributed by atoms with E-state index in [-0.39, 0.29) is 18.1 Å². The fourth-order valence-electron chi connectivity index (χ4n) is 2.45. The minimum atomic E-state index is -0.997. The summed E-state index contributed by atoms with van der Waals surface area (Å²) in [4.78, 5) is 12.6. The molecule has 5 nitrogen and oxygen atoms in total. The Hall–Kier alpha value is -0.810. The van der Waals surface area contributed by atoms with Crippen molar-refractivity contribution >= 4 is 6.09 Å². The molecule has 0 unspecified atom stereocenters. The van der Waals surface area contributed by atoms with Gasteiger partial charge in [0.2, 0.25) is 0 Å². The second-order valence-corrected chi connectivity index (χ2v) is 5.39. The summed E-state index contributed by atoms with van der Waals surface area (Å²) in [5.41, 5.74) is -1.08. The molecule has 1 aliphatic rings. The van der Waals surface area contributed by atoms with Crippen LogP contribution in [0, 0.1) is 5.41 Å². The lowest BCUT2D eigenvalue weighted by atomic mass is 9.72. The summed E-state index contributed by atoms with van der Waals surface area (Å²) < 4.78 is 5.23. The Morgan fingerprint density at radius 3 is 2.38 bits per heavy atom. The van der Waals surface area contributed by atoms with E-state index in [0.717, 1.165) is 0 Å². The first kappa shape index (κ1) is 13.3. The lowest BCUT2D eigenvalue weighted by Crippen LogP contribution is -2.57. The van der Waals surface area contributed by atoms with Crippen molar-refractivity contribution in [3.63, 3.8) is 0 Å². The third kappa shape index (κ3) is 1.89. The van der Waals surface area contributed by atoms with Gasteiger partial charge in [-0.1, -0.05) is 20.8 Å². The molecule has 0 saturated carbocycles. The molecule has 0 aromatic rings. The van der Waals surface area contributed by atoms with Gasteiger partial charge in [-0.05, 0) is 5.41 Å². The van der Waals surface area contributed by atoms with Crippen LogP contribution in [0.1, 0.15) is 27.2 Å². The van der Waals surface area contributed by atoms with Gasteiger partial charge in [0.15, 0.2) is 0 Å². The zero-order chi connectivity index (χ0) is 12.6. The first-order valence-electron chi connectivity index (χ1n) is 5.42. The maximum atomic E-state index is 11.2. The van der Waals surface area contributed by atoms with E-state index in [1.807, 2.05) is 20.8 Å². The van der Waals surface area contributed by atoms with Gasteiger partial charge >= 0.3 is 6.09 Å². The molecule has 1 aliphatic heterocycles. The molecule has 1 heterocycles. The highest BCUT2D eigenvalue weighted by Gasteiger charge is 2.54. The van der Waals surface area contributed by atoms with Gasteiger partial charge in [0.1, 0.15) is 0 Å². The molecule has 16 heavy (non-hydrogen) atoms. The number of ether oxygens (including phenoxy) is 1. The van der Waals surface area contributed by atoms with Crippen LogP contribution in [0.3, 0.4) is 0 Å². The second kappa shape index (κ2) is 4.22. The van der Waals surface area contributed by atoms with Crippen molar-refractivity contribution in [2.45, 2.75) is 38.8 Å². The molecule has 5 heteroatoms. The van der Waals surface area contributed by atoms with Crippen molar-refractivity contribution < 1.29 is 19.7 Å². The van der Waals surface area contributed by atoms with E-state index in [0.29, 0.717) is 13.0 Å². The van der Waals surface area contributed by atoms with Crippen LogP contribution in [0.2, 0.25) is 0 Å². The molecule has 1 rings (SSSR count). The van der Waals surface area contributed by atoms with E-state index in [1.54, 1.807) is 7.11 Å². The second-order valence-electron chi connectivity index (χ2n) is 5.39. The van der Waals surface area contributed by atoms with E-state index < -0.39 is 11.6 Å². The first-order valence-corrected chi connectivity index (χ1v) is 5.42. The molecule has 2 atom stereocenters. The molecular formula is C11H21NO4. The molecule has 1 fully saturated rings. The maximum absolute atomic E-state index is 11.2. The van der Waals surface area contributed by atoms with Crippen LogP contribution in [0.25, 0.3) is 0 Å². The van der Waals surface area contributed by atoms with Crippen LogP contribution in [0.4, 0.5) is 4.79 Å². The van der Waals surface area contributed by atoms with Crippen LogP contribution in [0.15, 0.2) is 0 Å². The number of aliphatic hydroxyl groups is 1. The summed E-state index contributed by atoms with van der Waals surface area (Å²) in [5.74, 6) is 0. The molecule has 0 aromatic carbocycles. The van der Waals surface area contributed by atoms with Crippen LogP contribution in [0.5, 0.6) is 0 Å². The third-order valence-corrected chi connectivity index (χ3v) is 3.69. The van der Waals surface area contributed by atoms with Crippen molar-refractivity contribution in [3.8, 4) is 0 Å². The predicted octanol–water partition coefficient (Wildman–Crippen LogP) is 1.16. The Bertz CT molecular complexity index is 274. The van der Waals surface area contributed by atoms with Gasteiger partial charge in [0.25, 0.3) is 0 Å². The zero-order valence-electron chi connectivity index (χ0n) is 10.4. The van der Waals surface area contributed by atoms with Crippen molar-refractivity contribution in [2.75, 3.05) is 20.3 Å². The summed E-state index contributed by atoms with van der Waals surface area (Å²) in [6, 6.07) is 0. The zero-order valence-corrected chi connectivity index (χ0v) is 10.4. The number of carbonyl (C=O) groups is 1. The topological polar surface area (TPSA) is 70.0 Å². The van der Waals surface area contributed by atoms with Crippen molar-refractivity contribution in [1.29, 1.82) is 0 Å². The van der Waals surface area contributed by atoms with Crippen LogP contribution < -0.4 is 0 Å². The molecule has 0 spiro atoms. The molecule has 0 radical (unpaired) electrons. The smallest absolute Gasteiger partial charge is 0.407 e. The molecule has 0 aliphatic carbocycles. The third-order valence-electron chi connectivity index (χ3n) is 3.69. The van der Waals surface area contributed by atoms with Crippen LogP contribution >= 0.6 is 0 Å². The Balaban J connectivity index is 3.10. The first-order chi connectivity index (χ1) is 7.28. The summed E-state index contributed by atoms with van der Waals surface area (Å²) >= 11 is 0. The Morgan fingerprint density at radius 1 is 1.56 bits per heavy atom. The Labute approximate surface area is 96.0 Å². The van der Waals surface area contributed by atoms with E-state index in [9.17, 15) is 15.0 Å². The van der Waals surface area contributed by atoms with Gasteiger partial charge in [-0.3, -0.25) is 4.90 Å². The van der Waals surface area contributed by atoms with Gasteiger partial charge in [-0.25, -0.2) is 4.79 Å². The maximum Gasteiger partial charge on any atom is 0.407 e. The van der Waals surface area contributed by atoms with E-state index in [4.69, 9.17) is 4.74 Å². The number of hydrogen-bond acceptors (Lipinski definition) is 3. The number of carboxylic acid groups (broad SMARTS) is 1. The van der Waals surface area contributed by atoms with E-state index in [1.165, 1.54) is 4.90 Å². The lowest BCUT2D eigenvalue weighted by molar-refractivity contribution is -0.0127. The SMILES string of the molecule is CO[C@H]1CN(C(=O)O)[C@](CO)(C(C)(C)C)C1. The summed E-state index contributed by atoms with van der Waals surface area (Å²) in [6.45, 7) is 5.97. The van der Waals surface area contributed by atoms with Gasteiger partial charge in [-0.15, -0.1) is 0 Å². The average Bonchev–Trinajstić information content (AvgIpc) is 2.56. The lowest BCUT2D eigenvalue weighted by Gasteiger charge is -2.45. The number of rotatable bonds is 2. The van der Waals surface area contributed by atoms with Crippen LogP contribution in [-0.4, -0.2) is 53.1 Å². The van der Waals surface area contributed by atoms with Crippen molar-refractivity contribution in [3.05, 3.63) is 0 Å². The summed E-state index contributed by atoms with van der Waals surface area (Å²) in [7, 11) is 1.57. The van der Waals surface area contributed by atoms with Gasteiger partial charge in [0, 0.05) is 13.5 Å². The monoisotopic (exact) mass is 231 g/mol. The minimum Gasteiger partial charge on any atom is -0.465 e. The fraction of sp³-hybridized carbons (Fsp3) is 0.909. The molecule has 0 aromatic heterocycles. The standard InChI is InChI=1S/C11H21NO4/c1-10(2,3)11(7-13)5-8(16-4)6-12(11)9(14)15/h8,13H,5-7H2,1-4H3,(H,14,15)/t8-,11-/m1/s1. The summed E-state index contributed by atoms with van der Waals surface area (Å²) in [6.07, 6.45) is -0.596. The number of aliphatic hydroxyl groups excluding tert-OH is 1. The highest BCUT2D eigenvalue weighted by molar-refractivity contribution is 5.67. The predicted molar refractivity (Wildman–Crippen MR) is 59.4 cm³/mol. The number of methoxy groups -OCH3 is 1. The quantitative estimate of drug-likeness (QED) is 0.748. The molecule has 0 bridgehead atoms. The van der Waals surface area contributed by atoms with E-state index in [2.05, 4.69) is 0 Å². The molecule has 1 amide bonds. The van der Waals surface area contributed by atoms with E-state index >= 15 is 0 Å². The number of amides is 1. The molecule has 2 N–H and O–H groups in total. The number of likely N-dealkylation sites (tertiary alicyclic amines) is 1. The van der Waals surface area contributed by atoms with Gasteiger partial charge in [-0.2, -0.15) is 0 Å². The summed E-state index contributed by atoms with van der Waals surface area (Å²) in [5, 5.41) is 18.8. The molecular weight excluding hydrogens is 210 g/mol. The fourth-order valence-corrected chi connectivity index (χ4v) is 2.45. The largest absolute Gasteiger partial charge is 0.465 e. The number of nitrogens with zero attached hydrogens (tertiary/aromatic N) is 1. The molecule has 94 valence electrons. The van der Waals surface area contributed by atoms with Gasteiger partial charge < -0.3 is 14.9 Å². The average molecular weight is 231 g/mol. The van der Waals surface area contributed by atoms with Crippen molar-refractivity contribution in [2.24, 2.45) is 5.41 Å². The van der Waals surface area contributed by atoms with Crippen LogP contribution in [-0.2, 0) is 4.74 Å².